The van der Waals surface area contributed by atoms with Crippen LogP contribution >= 0.6 is 0 Å². The van der Waals surface area contributed by atoms with Crippen LogP contribution in [0.25, 0.3) is 6.08 Å². The van der Waals surface area contributed by atoms with Gasteiger partial charge in [0.1, 0.15) is 0 Å². The van der Waals surface area contributed by atoms with Gasteiger partial charge in [-0.3, -0.25) is 9.78 Å². The average molecular weight is 284 g/mol. The number of hydrogen-bond donors (Lipinski definition) is 0. The van der Waals surface area contributed by atoms with E-state index in [2.05, 4.69) is 17.1 Å². The highest BCUT2D eigenvalue weighted by Crippen LogP contribution is 2.25. The molecule has 2 heterocycles. The van der Waals surface area contributed by atoms with Crippen molar-refractivity contribution in [3.05, 3.63) is 35.7 Å². The number of carbonyl (C=O) groups is 1. The summed E-state index contributed by atoms with van der Waals surface area (Å²) in [6.07, 6.45) is 15.1. The summed E-state index contributed by atoms with van der Waals surface area (Å²) in [5, 5.41) is 0. The molecule has 2 fully saturated rings. The number of nitrogens with zero attached hydrogens (tertiary/aromatic N) is 2. The van der Waals surface area contributed by atoms with Crippen molar-refractivity contribution < 1.29 is 4.79 Å². The van der Waals surface area contributed by atoms with Crippen molar-refractivity contribution >= 4 is 12.0 Å². The first-order valence-corrected chi connectivity index (χ1v) is 8.26. The molecule has 3 rings (SSSR count). The van der Waals surface area contributed by atoms with Crippen LogP contribution in [-0.4, -0.2) is 28.9 Å². The van der Waals surface area contributed by atoms with Crippen molar-refractivity contribution in [3.8, 4) is 0 Å². The summed E-state index contributed by atoms with van der Waals surface area (Å²) < 4.78 is 0. The third-order valence-corrected chi connectivity index (χ3v) is 4.62. The maximum Gasteiger partial charge on any atom is 0.255 e. The molecule has 0 bridgehead atoms. The molecular weight excluding hydrogens is 260 g/mol. The molecule has 1 saturated heterocycles. The SMILES string of the molecule is O=C(c1ccc(/C=C/C2CCCCC2)nc1)N1CCCC1. The maximum absolute atomic E-state index is 12.2. The van der Waals surface area contributed by atoms with Gasteiger partial charge in [-0.25, -0.2) is 0 Å². The van der Waals surface area contributed by atoms with E-state index < -0.39 is 0 Å². The number of amides is 1. The van der Waals surface area contributed by atoms with Gasteiger partial charge in [-0.2, -0.15) is 0 Å². The predicted octanol–water partition coefficient (Wildman–Crippen LogP) is 3.91. The molecule has 2 aliphatic rings. The Labute approximate surface area is 127 Å². The van der Waals surface area contributed by atoms with Crippen LogP contribution in [0.15, 0.2) is 24.4 Å². The molecule has 3 heteroatoms. The largest absolute Gasteiger partial charge is 0.339 e. The Morgan fingerprint density at radius 1 is 1.10 bits per heavy atom. The monoisotopic (exact) mass is 284 g/mol. The smallest absolute Gasteiger partial charge is 0.255 e. The molecule has 1 aliphatic heterocycles. The van der Waals surface area contributed by atoms with E-state index in [4.69, 9.17) is 0 Å². The van der Waals surface area contributed by atoms with Crippen LogP contribution < -0.4 is 0 Å². The van der Waals surface area contributed by atoms with Crippen LogP contribution in [0.2, 0.25) is 0 Å². The molecule has 1 aliphatic carbocycles. The predicted molar refractivity (Wildman–Crippen MR) is 85.0 cm³/mol. The lowest BCUT2D eigenvalue weighted by Gasteiger charge is -2.17. The highest BCUT2D eigenvalue weighted by Gasteiger charge is 2.19. The lowest BCUT2D eigenvalue weighted by Crippen LogP contribution is -2.27. The topological polar surface area (TPSA) is 33.2 Å². The first-order chi connectivity index (χ1) is 10.3. The molecule has 0 radical (unpaired) electrons. The lowest BCUT2D eigenvalue weighted by atomic mass is 9.89. The average Bonchev–Trinajstić information content (AvgIpc) is 3.08. The van der Waals surface area contributed by atoms with Crippen LogP contribution in [0.1, 0.15) is 61.0 Å². The zero-order chi connectivity index (χ0) is 14.5. The minimum Gasteiger partial charge on any atom is -0.339 e. The van der Waals surface area contributed by atoms with E-state index in [1.165, 1.54) is 32.1 Å². The van der Waals surface area contributed by atoms with Gasteiger partial charge in [-0.15, -0.1) is 0 Å². The van der Waals surface area contributed by atoms with Gasteiger partial charge in [0.15, 0.2) is 0 Å². The van der Waals surface area contributed by atoms with Gasteiger partial charge in [0.05, 0.1) is 11.3 Å². The van der Waals surface area contributed by atoms with Crippen molar-refractivity contribution in [3.63, 3.8) is 0 Å². The van der Waals surface area contributed by atoms with Crippen LogP contribution in [0, 0.1) is 5.92 Å². The molecule has 1 aromatic heterocycles. The van der Waals surface area contributed by atoms with E-state index in [0.29, 0.717) is 11.5 Å². The van der Waals surface area contributed by atoms with Crippen LogP contribution in [-0.2, 0) is 0 Å². The second-order valence-corrected chi connectivity index (χ2v) is 6.23. The van der Waals surface area contributed by atoms with E-state index in [1.807, 2.05) is 17.0 Å². The van der Waals surface area contributed by atoms with Gasteiger partial charge in [-0.05, 0) is 49.8 Å². The summed E-state index contributed by atoms with van der Waals surface area (Å²) in [5.74, 6) is 0.842. The van der Waals surface area contributed by atoms with Crippen LogP contribution in [0.5, 0.6) is 0 Å². The molecule has 112 valence electrons. The first kappa shape index (κ1) is 14.3. The quantitative estimate of drug-likeness (QED) is 0.843. The van der Waals surface area contributed by atoms with Gasteiger partial charge in [-0.1, -0.05) is 25.3 Å². The van der Waals surface area contributed by atoms with Crippen molar-refractivity contribution in [2.75, 3.05) is 13.1 Å². The van der Waals surface area contributed by atoms with Crippen LogP contribution in [0.4, 0.5) is 0 Å². The van der Waals surface area contributed by atoms with Gasteiger partial charge in [0, 0.05) is 19.3 Å². The van der Waals surface area contributed by atoms with Gasteiger partial charge in [0.2, 0.25) is 0 Å². The zero-order valence-electron chi connectivity index (χ0n) is 12.6. The molecule has 0 spiro atoms. The normalized spacial score (nSPS) is 20.3. The van der Waals surface area contributed by atoms with Crippen molar-refractivity contribution in [2.45, 2.75) is 44.9 Å². The highest BCUT2D eigenvalue weighted by atomic mass is 16.2. The number of hydrogen-bond acceptors (Lipinski definition) is 2. The molecule has 0 aromatic carbocycles. The first-order valence-electron chi connectivity index (χ1n) is 8.26. The molecule has 21 heavy (non-hydrogen) atoms. The van der Waals surface area contributed by atoms with E-state index in [1.54, 1.807) is 6.20 Å². The molecule has 1 aromatic rings. The minimum absolute atomic E-state index is 0.128. The number of aromatic nitrogens is 1. The van der Waals surface area contributed by atoms with Gasteiger partial charge in [0.25, 0.3) is 5.91 Å². The Morgan fingerprint density at radius 2 is 1.86 bits per heavy atom. The number of pyridine rings is 1. The Morgan fingerprint density at radius 3 is 2.52 bits per heavy atom. The second kappa shape index (κ2) is 6.88. The van der Waals surface area contributed by atoms with E-state index in [0.717, 1.165) is 31.6 Å². The highest BCUT2D eigenvalue weighted by molar-refractivity contribution is 5.94. The Hall–Kier alpha value is -1.64. The van der Waals surface area contributed by atoms with Crippen molar-refractivity contribution in [1.29, 1.82) is 0 Å². The minimum atomic E-state index is 0.128. The zero-order valence-corrected chi connectivity index (χ0v) is 12.6. The van der Waals surface area contributed by atoms with E-state index in [9.17, 15) is 4.79 Å². The van der Waals surface area contributed by atoms with Crippen molar-refractivity contribution in [1.82, 2.24) is 9.88 Å². The molecule has 0 N–H and O–H groups in total. The molecular formula is C18H24N2O. The summed E-state index contributed by atoms with van der Waals surface area (Å²) in [5.41, 5.74) is 1.67. The Bertz CT molecular complexity index is 494. The molecule has 0 unspecified atom stereocenters. The summed E-state index contributed by atoms with van der Waals surface area (Å²) in [6.45, 7) is 1.78. The van der Waals surface area contributed by atoms with E-state index >= 15 is 0 Å². The maximum atomic E-state index is 12.2. The fraction of sp³-hybridized carbons (Fsp3) is 0.556. The number of rotatable bonds is 3. The summed E-state index contributed by atoms with van der Waals surface area (Å²) >= 11 is 0. The molecule has 1 amide bonds. The fourth-order valence-corrected chi connectivity index (χ4v) is 3.29. The third-order valence-electron chi connectivity index (χ3n) is 4.62. The lowest BCUT2D eigenvalue weighted by molar-refractivity contribution is 0.0792. The third kappa shape index (κ3) is 3.72. The summed E-state index contributed by atoms with van der Waals surface area (Å²) in [6, 6.07) is 3.87. The molecule has 0 atom stereocenters. The summed E-state index contributed by atoms with van der Waals surface area (Å²) in [4.78, 5) is 18.6. The second-order valence-electron chi connectivity index (χ2n) is 6.23. The van der Waals surface area contributed by atoms with E-state index in [-0.39, 0.29) is 5.91 Å². The van der Waals surface area contributed by atoms with Gasteiger partial charge >= 0.3 is 0 Å². The Kier molecular flexibility index (Phi) is 4.69. The van der Waals surface area contributed by atoms with Crippen LogP contribution in [0.3, 0.4) is 0 Å². The number of carbonyl (C=O) groups excluding carboxylic acids is 1. The Balaban J connectivity index is 1.60. The fourth-order valence-electron chi connectivity index (χ4n) is 3.29. The van der Waals surface area contributed by atoms with Crippen molar-refractivity contribution in [2.24, 2.45) is 5.92 Å². The summed E-state index contributed by atoms with van der Waals surface area (Å²) in [7, 11) is 0. The molecule has 3 nitrogen and oxygen atoms in total. The standard InChI is InChI=1S/C18H24N2O/c21-18(20-12-4-5-13-20)16-9-11-17(19-14-16)10-8-15-6-2-1-3-7-15/h8-11,14-15H,1-7,12-13H2/b10-8+. The number of likely N-dealkylation sites (tertiary alicyclic amines) is 1. The van der Waals surface area contributed by atoms with Gasteiger partial charge < -0.3 is 4.90 Å². The molecule has 1 saturated carbocycles. The number of allylic oxidation sites excluding steroid dienone is 1.